The van der Waals surface area contributed by atoms with Crippen molar-refractivity contribution >= 4 is 5.97 Å². The van der Waals surface area contributed by atoms with Crippen LogP contribution in [0.25, 0.3) is 5.69 Å². The number of carbonyl (C=O) groups is 1. The zero-order chi connectivity index (χ0) is 12.3. The van der Waals surface area contributed by atoms with Crippen molar-refractivity contribution < 1.29 is 9.90 Å². The van der Waals surface area contributed by atoms with Crippen molar-refractivity contribution in [2.24, 2.45) is 0 Å². The van der Waals surface area contributed by atoms with Gasteiger partial charge in [-0.3, -0.25) is 0 Å². The van der Waals surface area contributed by atoms with Crippen LogP contribution in [0.5, 0.6) is 0 Å². The molecule has 2 heterocycles. The van der Waals surface area contributed by atoms with Crippen LogP contribution in [0.1, 0.15) is 29.7 Å². The summed E-state index contributed by atoms with van der Waals surface area (Å²) in [5.41, 5.74) is 0.817. The Kier molecular flexibility index (Phi) is 3.18. The largest absolute Gasteiger partial charge is 0.477 e. The Balaban J connectivity index is 2.42. The lowest BCUT2D eigenvalue weighted by Gasteiger charge is -2.07. The summed E-state index contributed by atoms with van der Waals surface area (Å²) in [4.78, 5) is 18.9. The lowest BCUT2D eigenvalue weighted by Crippen LogP contribution is -2.04. The maximum absolute atomic E-state index is 10.8. The van der Waals surface area contributed by atoms with Gasteiger partial charge in [0.2, 0.25) is 0 Å². The summed E-state index contributed by atoms with van der Waals surface area (Å²) in [7, 11) is 0. The van der Waals surface area contributed by atoms with E-state index in [2.05, 4.69) is 16.9 Å². The van der Waals surface area contributed by atoms with Gasteiger partial charge in [0.15, 0.2) is 0 Å². The maximum atomic E-state index is 10.8. The van der Waals surface area contributed by atoms with Gasteiger partial charge in [-0.2, -0.15) is 0 Å². The molecule has 2 rings (SSSR count). The van der Waals surface area contributed by atoms with Gasteiger partial charge in [-0.15, -0.1) is 0 Å². The Morgan fingerprint density at radius 1 is 1.41 bits per heavy atom. The third-order valence-electron chi connectivity index (χ3n) is 2.43. The monoisotopic (exact) mass is 231 g/mol. The lowest BCUT2D eigenvalue weighted by molar-refractivity contribution is 0.0690. The van der Waals surface area contributed by atoms with Crippen molar-refractivity contribution in [3.8, 4) is 5.69 Å². The van der Waals surface area contributed by atoms with Gasteiger partial charge < -0.3 is 9.67 Å². The number of hydrogen-bond acceptors (Lipinski definition) is 3. The molecule has 0 spiro atoms. The standard InChI is InChI=1S/C12H13N3O2/c1-2-3-11-14-6-7-15(11)9-4-5-13-10(8-9)12(16)17/h4-8H,2-3H2,1H3,(H,16,17). The fourth-order valence-corrected chi connectivity index (χ4v) is 1.66. The van der Waals surface area contributed by atoms with Crippen molar-refractivity contribution in [1.82, 2.24) is 14.5 Å². The summed E-state index contributed by atoms with van der Waals surface area (Å²) < 4.78 is 1.89. The van der Waals surface area contributed by atoms with Crippen LogP contribution in [-0.2, 0) is 6.42 Å². The lowest BCUT2D eigenvalue weighted by atomic mass is 10.3. The van der Waals surface area contributed by atoms with Crippen LogP contribution in [0.3, 0.4) is 0 Å². The Morgan fingerprint density at radius 3 is 2.94 bits per heavy atom. The van der Waals surface area contributed by atoms with Crippen LogP contribution in [0, 0.1) is 0 Å². The molecule has 0 unspecified atom stereocenters. The number of nitrogens with zero attached hydrogens (tertiary/aromatic N) is 3. The van der Waals surface area contributed by atoms with Gasteiger partial charge in [0.25, 0.3) is 0 Å². The summed E-state index contributed by atoms with van der Waals surface area (Å²) in [6, 6.07) is 3.32. The SMILES string of the molecule is CCCc1nccn1-c1ccnc(C(=O)O)c1. The van der Waals surface area contributed by atoms with Crippen LogP contribution < -0.4 is 0 Å². The zero-order valence-electron chi connectivity index (χ0n) is 9.50. The van der Waals surface area contributed by atoms with Crippen LogP contribution in [0.4, 0.5) is 0 Å². The molecule has 17 heavy (non-hydrogen) atoms. The van der Waals surface area contributed by atoms with Crippen LogP contribution in [0.2, 0.25) is 0 Å². The predicted octanol–water partition coefficient (Wildman–Crippen LogP) is 1.92. The number of aromatic carboxylic acids is 1. The molecule has 0 fully saturated rings. The minimum atomic E-state index is -1.02. The highest BCUT2D eigenvalue weighted by molar-refractivity contribution is 5.85. The number of aryl methyl sites for hydroxylation is 1. The molecule has 2 aromatic rings. The number of rotatable bonds is 4. The van der Waals surface area contributed by atoms with Gasteiger partial charge in [-0.05, 0) is 18.6 Å². The Morgan fingerprint density at radius 2 is 2.24 bits per heavy atom. The molecule has 0 amide bonds. The molecule has 0 aromatic carbocycles. The van der Waals surface area contributed by atoms with Gasteiger partial charge in [-0.1, -0.05) is 6.92 Å². The average Bonchev–Trinajstić information content (AvgIpc) is 2.78. The first kappa shape index (κ1) is 11.3. The van der Waals surface area contributed by atoms with Gasteiger partial charge >= 0.3 is 5.97 Å². The first-order valence-corrected chi connectivity index (χ1v) is 5.44. The summed E-state index contributed by atoms with van der Waals surface area (Å²) in [5, 5.41) is 8.89. The molecule has 5 nitrogen and oxygen atoms in total. The first-order valence-electron chi connectivity index (χ1n) is 5.44. The van der Waals surface area contributed by atoms with Gasteiger partial charge in [0.1, 0.15) is 11.5 Å². The highest BCUT2D eigenvalue weighted by Crippen LogP contribution is 2.12. The second-order valence-corrected chi connectivity index (χ2v) is 3.67. The van der Waals surface area contributed by atoms with Crippen molar-refractivity contribution in [1.29, 1.82) is 0 Å². The van der Waals surface area contributed by atoms with E-state index in [9.17, 15) is 4.79 Å². The van der Waals surface area contributed by atoms with Crippen molar-refractivity contribution in [3.05, 3.63) is 42.2 Å². The second-order valence-electron chi connectivity index (χ2n) is 3.67. The van der Waals surface area contributed by atoms with Crippen molar-refractivity contribution in [3.63, 3.8) is 0 Å². The summed E-state index contributed by atoms with van der Waals surface area (Å²) >= 11 is 0. The Hall–Kier alpha value is -2.17. The third-order valence-corrected chi connectivity index (χ3v) is 2.43. The summed E-state index contributed by atoms with van der Waals surface area (Å²) in [6.07, 6.45) is 6.89. The van der Waals surface area contributed by atoms with Crippen LogP contribution >= 0.6 is 0 Å². The molecule has 88 valence electrons. The van der Waals surface area contributed by atoms with Crippen LogP contribution in [-0.4, -0.2) is 25.6 Å². The fraction of sp³-hybridized carbons (Fsp3) is 0.250. The van der Waals surface area contributed by atoms with E-state index < -0.39 is 5.97 Å². The van der Waals surface area contributed by atoms with E-state index in [0.29, 0.717) is 0 Å². The van der Waals surface area contributed by atoms with Crippen molar-refractivity contribution in [2.75, 3.05) is 0 Å². The molecule has 2 aromatic heterocycles. The zero-order valence-corrected chi connectivity index (χ0v) is 9.50. The first-order chi connectivity index (χ1) is 8.22. The van der Waals surface area contributed by atoms with Gasteiger partial charge in [0.05, 0.1) is 5.69 Å². The highest BCUT2D eigenvalue weighted by Gasteiger charge is 2.08. The van der Waals surface area contributed by atoms with E-state index in [0.717, 1.165) is 24.4 Å². The smallest absolute Gasteiger partial charge is 0.354 e. The number of aromatic nitrogens is 3. The fourth-order valence-electron chi connectivity index (χ4n) is 1.66. The minimum absolute atomic E-state index is 0.0404. The van der Waals surface area contributed by atoms with E-state index in [-0.39, 0.29) is 5.69 Å². The maximum Gasteiger partial charge on any atom is 0.354 e. The molecule has 0 aliphatic rings. The molecule has 0 aliphatic carbocycles. The normalized spacial score (nSPS) is 10.4. The minimum Gasteiger partial charge on any atom is -0.477 e. The second kappa shape index (κ2) is 4.78. The molecule has 0 saturated heterocycles. The third kappa shape index (κ3) is 2.33. The van der Waals surface area contributed by atoms with E-state index in [1.54, 1.807) is 18.3 Å². The van der Waals surface area contributed by atoms with E-state index in [4.69, 9.17) is 5.11 Å². The van der Waals surface area contributed by atoms with E-state index in [1.165, 1.54) is 6.20 Å². The molecule has 0 radical (unpaired) electrons. The molecule has 0 saturated carbocycles. The molecule has 5 heteroatoms. The predicted molar refractivity (Wildman–Crippen MR) is 62.3 cm³/mol. The number of imidazole rings is 1. The number of hydrogen-bond donors (Lipinski definition) is 1. The Bertz CT molecular complexity index is 534. The molecule has 0 aliphatic heterocycles. The Labute approximate surface area is 98.8 Å². The summed E-state index contributed by atoms with van der Waals surface area (Å²) in [5.74, 6) is -0.0981. The number of pyridine rings is 1. The molecule has 0 atom stereocenters. The average molecular weight is 231 g/mol. The van der Waals surface area contributed by atoms with E-state index in [1.807, 2.05) is 10.8 Å². The molecule has 0 bridgehead atoms. The number of carboxylic acids is 1. The topological polar surface area (TPSA) is 68.0 Å². The van der Waals surface area contributed by atoms with E-state index >= 15 is 0 Å². The summed E-state index contributed by atoms with van der Waals surface area (Å²) in [6.45, 7) is 2.08. The number of carboxylic acid groups (broad SMARTS) is 1. The molecular formula is C12H13N3O2. The van der Waals surface area contributed by atoms with Gasteiger partial charge in [-0.25, -0.2) is 14.8 Å². The molecule has 1 N–H and O–H groups in total. The van der Waals surface area contributed by atoms with Crippen LogP contribution in [0.15, 0.2) is 30.7 Å². The highest BCUT2D eigenvalue weighted by atomic mass is 16.4. The molecular weight excluding hydrogens is 218 g/mol. The quantitative estimate of drug-likeness (QED) is 0.872. The van der Waals surface area contributed by atoms with Crippen molar-refractivity contribution in [2.45, 2.75) is 19.8 Å². The van der Waals surface area contributed by atoms with Gasteiger partial charge in [0, 0.05) is 25.0 Å².